The molecule has 0 saturated heterocycles. The van der Waals surface area contributed by atoms with Crippen LogP contribution in [0, 0.1) is 11.3 Å². The van der Waals surface area contributed by atoms with Crippen molar-refractivity contribution in [3.8, 4) is 17.3 Å². The average molecular weight is 313 g/mol. The maximum atomic E-state index is 8.84. The molecule has 4 rings (SSSR count). The van der Waals surface area contributed by atoms with E-state index < -0.39 is 0 Å². The Bertz CT molecular complexity index is 1040. The number of fused-ring (bicyclic) bond motifs is 1. The van der Waals surface area contributed by atoms with Crippen molar-refractivity contribution in [2.24, 2.45) is 0 Å². The first-order chi connectivity index (χ1) is 11.8. The molecule has 24 heavy (non-hydrogen) atoms. The summed E-state index contributed by atoms with van der Waals surface area (Å²) in [6, 6.07) is 14.8. The summed E-state index contributed by atoms with van der Waals surface area (Å²) >= 11 is 0. The molecule has 0 aliphatic heterocycles. The maximum Gasteiger partial charge on any atom is 0.227 e. The molecule has 0 atom stereocenters. The predicted octanol–water partition coefficient (Wildman–Crippen LogP) is 2.80. The largest absolute Gasteiger partial charge is 0.324 e. The van der Waals surface area contributed by atoms with Crippen LogP contribution in [0.4, 0.5) is 11.6 Å². The van der Waals surface area contributed by atoms with Crippen LogP contribution in [0.15, 0.2) is 61.1 Å². The highest BCUT2D eigenvalue weighted by Gasteiger charge is 2.09. The molecule has 0 aliphatic rings. The van der Waals surface area contributed by atoms with Gasteiger partial charge in [0.15, 0.2) is 0 Å². The van der Waals surface area contributed by atoms with Gasteiger partial charge in [0.25, 0.3) is 0 Å². The summed E-state index contributed by atoms with van der Waals surface area (Å²) < 4.78 is 1.56. The highest BCUT2D eigenvalue weighted by molar-refractivity contribution is 5.77. The smallest absolute Gasteiger partial charge is 0.227 e. The van der Waals surface area contributed by atoms with Crippen molar-refractivity contribution < 1.29 is 0 Å². The third-order valence-corrected chi connectivity index (χ3v) is 3.51. The minimum absolute atomic E-state index is 0.473. The number of benzene rings is 1. The number of rotatable bonds is 3. The summed E-state index contributed by atoms with van der Waals surface area (Å²) in [6.45, 7) is 0. The van der Waals surface area contributed by atoms with Gasteiger partial charge in [-0.05, 0) is 42.5 Å². The molecule has 0 unspecified atom stereocenters. The van der Waals surface area contributed by atoms with Crippen LogP contribution in [-0.2, 0) is 0 Å². The van der Waals surface area contributed by atoms with E-state index in [2.05, 4.69) is 31.6 Å². The van der Waals surface area contributed by atoms with E-state index in [-0.39, 0.29) is 0 Å². The number of nitriles is 1. The lowest BCUT2D eigenvalue weighted by molar-refractivity contribution is 0.800. The highest BCUT2D eigenvalue weighted by atomic mass is 15.4. The molecule has 0 aliphatic carbocycles. The second-order valence-corrected chi connectivity index (χ2v) is 5.04. The second kappa shape index (κ2) is 5.78. The Morgan fingerprint density at radius 1 is 1.00 bits per heavy atom. The standard InChI is InChI=1S/C17H11N7/c18-10-12-3-5-13(6-4-12)22-17-19-9-7-15(23-17)14-11-21-24-16(14)2-1-8-20-24/h1-9,11H,(H,19,22,23). The molecule has 0 spiro atoms. The van der Waals surface area contributed by atoms with Crippen molar-refractivity contribution in [2.45, 2.75) is 0 Å². The van der Waals surface area contributed by atoms with Gasteiger partial charge in [-0.3, -0.25) is 0 Å². The summed E-state index contributed by atoms with van der Waals surface area (Å²) in [5.74, 6) is 0.473. The van der Waals surface area contributed by atoms with Crippen molar-refractivity contribution in [3.05, 3.63) is 66.6 Å². The third-order valence-electron chi connectivity index (χ3n) is 3.51. The lowest BCUT2D eigenvalue weighted by Crippen LogP contribution is -1.98. The van der Waals surface area contributed by atoms with Gasteiger partial charge in [-0.25, -0.2) is 9.97 Å². The van der Waals surface area contributed by atoms with E-state index in [9.17, 15) is 0 Å². The first-order valence-corrected chi connectivity index (χ1v) is 7.23. The van der Waals surface area contributed by atoms with Crippen LogP contribution in [0.2, 0.25) is 0 Å². The Labute approximate surface area is 137 Å². The van der Waals surface area contributed by atoms with E-state index in [1.807, 2.05) is 30.3 Å². The number of aromatic nitrogens is 5. The molecular formula is C17H11N7. The zero-order chi connectivity index (χ0) is 16.4. The summed E-state index contributed by atoms with van der Waals surface area (Å²) in [7, 11) is 0. The fourth-order valence-electron chi connectivity index (χ4n) is 2.36. The molecule has 0 radical (unpaired) electrons. The summed E-state index contributed by atoms with van der Waals surface area (Å²) in [5, 5.41) is 20.3. The van der Waals surface area contributed by atoms with Crippen molar-refractivity contribution in [2.75, 3.05) is 5.32 Å². The fraction of sp³-hybridized carbons (Fsp3) is 0. The molecule has 0 amide bonds. The van der Waals surface area contributed by atoms with E-state index in [0.29, 0.717) is 11.5 Å². The minimum atomic E-state index is 0.473. The van der Waals surface area contributed by atoms with Crippen molar-refractivity contribution in [1.29, 1.82) is 5.26 Å². The topological polar surface area (TPSA) is 91.8 Å². The van der Waals surface area contributed by atoms with Gasteiger partial charge in [0.2, 0.25) is 5.95 Å². The van der Waals surface area contributed by atoms with Gasteiger partial charge < -0.3 is 5.32 Å². The highest BCUT2D eigenvalue weighted by Crippen LogP contribution is 2.23. The molecule has 7 heteroatoms. The Hall–Kier alpha value is -3.79. The first kappa shape index (κ1) is 13.8. The zero-order valence-electron chi connectivity index (χ0n) is 12.5. The molecule has 0 bridgehead atoms. The summed E-state index contributed by atoms with van der Waals surface area (Å²) in [4.78, 5) is 8.77. The lowest BCUT2D eigenvalue weighted by Gasteiger charge is -2.06. The molecule has 4 aromatic rings. The molecular weight excluding hydrogens is 302 g/mol. The average Bonchev–Trinajstić information content (AvgIpc) is 3.07. The first-order valence-electron chi connectivity index (χ1n) is 7.23. The predicted molar refractivity (Wildman–Crippen MR) is 88.5 cm³/mol. The molecule has 0 saturated carbocycles. The van der Waals surface area contributed by atoms with Crippen LogP contribution in [0.25, 0.3) is 16.8 Å². The van der Waals surface area contributed by atoms with Crippen molar-refractivity contribution in [3.63, 3.8) is 0 Å². The monoisotopic (exact) mass is 313 g/mol. The molecule has 114 valence electrons. The van der Waals surface area contributed by atoms with Crippen LogP contribution in [0.1, 0.15) is 5.56 Å². The van der Waals surface area contributed by atoms with Gasteiger partial charge in [0.1, 0.15) is 0 Å². The summed E-state index contributed by atoms with van der Waals surface area (Å²) in [6.07, 6.45) is 5.10. The van der Waals surface area contributed by atoms with Gasteiger partial charge in [-0.1, -0.05) is 0 Å². The lowest BCUT2D eigenvalue weighted by atomic mass is 10.2. The molecule has 7 nitrogen and oxygen atoms in total. The molecule has 1 aromatic carbocycles. The molecule has 3 aromatic heterocycles. The number of anilines is 2. The van der Waals surface area contributed by atoms with Crippen molar-refractivity contribution >= 4 is 17.2 Å². The quantitative estimate of drug-likeness (QED) is 0.625. The van der Waals surface area contributed by atoms with E-state index in [1.165, 1.54) is 0 Å². The van der Waals surface area contributed by atoms with Crippen molar-refractivity contribution in [1.82, 2.24) is 24.8 Å². The summed E-state index contributed by atoms with van der Waals surface area (Å²) in [5.41, 5.74) is 3.93. The van der Waals surface area contributed by atoms with E-state index >= 15 is 0 Å². The van der Waals surface area contributed by atoms with Gasteiger partial charge >= 0.3 is 0 Å². The van der Waals surface area contributed by atoms with Gasteiger partial charge in [0.05, 0.1) is 29.0 Å². The Morgan fingerprint density at radius 2 is 1.88 bits per heavy atom. The van der Waals surface area contributed by atoms with Gasteiger partial charge in [-0.2, -0.15) is 20.1 Å². The maximum absolute atomic E-state index is 8.84. The molecule has 1 N–H and O–H groups in total. The van der Waals surface area contributed by atoms with E-state index in [4.69, 9.17) is 5.26 Å². The fourth-order valence-corrected chi connectivity index (χ4v) is 2.36. The normalized spacial score (nSPS) is 10.5. The number of nitrogens with zero attached hydrogens (tertiary/aromatic N) is 6. The Morgan fingerprint density at radius 3 is 2.71 bits per heavy atom. The SMILES string of the molecule is N#Cc1ccc(Nc2nccc(-c3cnn4ncccc34)n2)cc1. The van der Waals surface area contributed by atoms with Crippen LogP contribution in [0.3, 0.4) is 0 Å². The van der Waals surface area contributed by atoms with E-state index in [0.717, 1.165) is 22.5 Å². The number of nitrogens with one attached hydrogen (secondary N) is 1. The minimum Gasteiger partial charge on any atom is -0.324 e. The zero-order valence-corrected chi connectivity index (χ0v) is 12.5. The molecule has 3 heterocycles. The Balaban J connectivity index is 1.67. The number of hydrogen-bond donors (Lipinski definition) is 1. The van der Waals surface area contributed by atoms with E-state index in [1.54, 1.807) is 35.4 Å². The molecule has 0 fully saturated rings. The van der Waals surface area contributed by atoms with Gasteiger partial charge in [-0.15, -0.1) is 0 Å². The van der Waals surface area contributed by atoms with Crippen LogP contribution < -0.4 is 5.32 Å². The number of hydrogen-bond acceptors (Lipinski definition) is 6. The van der Waals surface area contributed by atoms with Crippen LogP contribution in [-0.4, -0.2) is 24.8 Å². The third kappa shape index (κ3) is 2.53. The second-order valence-electron chi connectivity index (χ2n) is 5.04. The van der Waals surface area contributed by atoms with Gasteiger partial charge in [0, 0.05) is 23.6 Å². The van der Waals surface area contributed by atoms with Crippen LogP contribution in [0.5, 0.6) is 0 Å². The Kier molecular flexibility index (Phi) is 3.33. The van der Waals surface area contributed by atoms with Crippen LogP contribution >= 0.6 is 0 Å².